The first-order valence-electron chi connectivity index (χ1n) is 6.06. The van der Waals surface area contributed by atoms with Crippen LogP contribution in [0.25, 0.3) is 6.08 Å². The van der Waals surface area contributed by atoms with Crippen LogP contribution in [0.15, 0.2) is 43.8 Å². The van der Waals surface area contributed by atoms with Gasteiger partial charge in [0.25, 0.3) is 0 Å². The number of aromatic amines is 1. The Bertz CT molecular complexity index is 580. The predicted molar refractivity (Wildman–Crippen MR) is 80.1 cm³/mol. The van der Waals surface area contributed by atoms with Gasteiger partial charge in [-0.15, -0.1) is 0 Å². The normalized spacial score (nSPS) is 10.8. The van der Waals surface area contributed by atoms with Gasteiger partial charge in [-0.3, -0.25) is 4.79 Å². The summed E-state index contributed by atoms with van der Waals surface area (Å²) in [6, 6.07) is 3.93. The highest BCUT2D eigenvalue weighted by atomic mass is 32.2. The number of hydrogen-bond donors (Lipinski definition) is 1. The van der Waals surface area contributed by atoms with Gasteiger partial charge in [0.1, 0.15) is 0 Å². The van der Waals surface area contributed by atoms with E-state index in [-0.39, 0.29) is 0 Å². The molecule has 0 unspecified atom stereocenters. The summed E-state index contributed by atoms with van der Waals surface area (Å²) in [6.45, 7) is 9.72. The van der Waals surface area contributed by atoms with E-state index in [4.69, 9.17) is 0 Å². The zero-order valence-corrected chi connectivity index (χ0v) is 12.9. The molecule has 1 aromatic heterocycles. The van der Waals surface area contributed by atoms with E-state index in [1.807, 2.05) is 30.6 Å². The van der Waals surface area contributed by atoms with E-state index in [9.17, 15) is 17.8 Å². The lowest BCUT2D eigenvalue weighted by atomic mass is 10.1. The van der Waals surface area contributed by atoms with Crippen molar-refractivity contribution >= 4 is 22.1 Å². The summed E-state index contributed by atoms with van der Waals surface area (Å²) in [4.78, 5) is 13.7. The highest BCUT2D eigenvalue weighted by molar-refractivity contribution is 7.85. The molecule has 0 aliphatic heterocycles. The van der Waals surface area contributed by atoms with Crippen molar-refractivity contribution < 1.29 is 22.7 Å². The second kappa shape index (κ2) is 8.33. The van der Waals surface area contributed by atoms with E-state index in [1.165, 1.54) is 13.8 Å². The Morgan fingerprint density at radius 1 is 1.38 bits per heavy atom. The van der Waals surface area contributed by atoms with E-state index >= 15 is 0 Å². The van der Waals surface area contributed by atoms with Crippen molar-refractivity contribution in [3.63, 3.8) is 0 Å². The average Bonchev–Trinajstić information content (AvgIpc) is 2.37. The number of amides is 1. The van der Waals surface area contributed by atoms with Crippen LogP contribution in [0.5, 0.6) is 0 Å². The summed E-state index contributed by atoms with van der Waals surface area (Å²) in [5.74, 6) is -1.15. The molecule has 2 N–H and O–H groups in total. The summed E-state index contributed by atoms with van der Waals surface area (Å²) in [7, 11) is -4.33. The summed E-state index contributed by atoms with van der Waals surface area (Å²) in [6.07, 6.45) is 6.57. The lowest BCUT2D eigenvalue weighted by Gasteiger charge is -2.26. The van der Waals surface area contributed by atoms with Crippen molar-refractivity contribution in [3.8, 4) is 0 Å². The molecule has 6 nitrogen and oxygen atoms in total. The lowest BCUT2D eigenvalue weighted by Crippen LogP contribution is -2.47. The van der Waals surface area contributed by atoms with Crippen molar-refractivity contribution in [3.05, 3.63) is 49.3 Å². The summed E-state index contributed by atoms with van der Waals surface area (Å²) in [5.41, 5.74) is 0.0787. The van der Waals surface area contributed by atoms with Crippen LogP contribution in [-0.4, -0.2) is 30.2 Å². The minimum Gasteiger partial charge on any atom is -0.748 e. The monoisotopic (exact) mass is 312 g/mol. The Balaban J connectivity index is 0.000000423. The maximum Gasteiger partial charge on any atom is 0.243 e. The third kappa shape index (κ3) is 10.5. The summed E-state index contributed by atoms with van der Waals surface area (Å²) < 4.78 is 31.2. The lowest BCUT2D eigenvalue weighted by molar-refractivity contribution is -0.378. The zero-order chi connectivity index (χ0) is 16.5. The average molecular weight is 312 g/mol. The van der Waals surface area contributed by atoms with Crippen LogP contribution >= 0.6 is 0 Å². The Labute approximate surface area is 125 Å². The number of rotatable bonds is 5. The third-order valence-corrected chi connectivity index (χ3v) is 3.24. The highest BCUT2D eigenvalue weighted by Crippen LogP contribution is 2.05. The topological polar surface area (TPSA) is 100 Å². The number of nitrogens with one attached hydrogen (secondary N) is 2. The molecule has 0 bridgehead atoms. The second-order valence-corrected chi connectivity index (χ2v) is 6.22. The molecule has 21 heavy (non-hydrogen) atoms. The smallest absolute Gasteiger partial charge is 0.243 e. The maximum absolute atomic E-state index is 10.8. The molecule has 7 heteroatoms. The number of H-pyrrole nitrogens is 1. The van der Waals surface area contributed by atoms with Gasteiger partial charge in [-0.2, -0.15) is 0 Å². The van der Waals surface area contributed by atoms with Crippen LogP contribution in [0, 0.1) is 0 Å². The molecule has 1 heterocycles. The highest BCUT2D eigenvalue weighted by Gasteiger charge is 2.22. The molecule has 0 aliphatic rings. The molecule has 1 rings (SSSR count). The number of pyridine rings is 1. The van der Waals surface area contributed by atoms with Gasteiger partial charge < -0.3 is 9.87 Å². The van der Waals surface area contributed by atoms with Crippen molar-refractivity contribution in [2.24, 2.45) is 0 Å². The third-order valence-electron chi connectivity index (χ3n) is 2.16. The molecule has 0 fully saturated rings. The molecule has 0 spiro atoms. The van der Waals surface area contributed by atoms with Crippen LogP contribution in [-0.2, 0) is 14.9 Å². The molecule has 0 aliphatic carbocycles. The van der Waals surface area contributed by atoms with Crippen molar-refractivity contribution in [1.82, 2.24) is 5.32 Å². The Morgan fingerprint density at radius 3 is 2.24 bits per heavy atom. The molecule has 0 saturated carbocycles. The molecule has 0 radical (unpaired) electrons. The quantitative estimate of drug-likeness (QED) is 0.640. The van der Waals surface area contributed by atoms with Gasteiger partial charge in [0.2, 0.25) is 5.91 Å². The molecule has 1 amide bonds. The van der Waals surface area contributed by atoms with Crippen molar-refractivity contribution in [1.29, 1.82) is 0 Å². The first-order chi connectivity index (χ1) is 9.59. The Morgan fingerprint density at radius 2 is 1.90 bits per heavy atom. The molecule has 1 aromatic rings. The van der Waals surface area contributed by atoms with Gasteiger partial charge in [-0.25, -0.2) is 13.4 Å². The van der Waals surface area contributed by atoms with Crippen LogP contribution < -0.4 is 10.3 Å². The van der Waals surface area contributed by atoms with Crippen LogP contribution in [0.1, 0.15) is 19.4 Å². The van der Waals surface area contributed by atoms with E-state index in [1.54, 1.807) is 0 Å². The molecular formula is C14H20N2O4S. The minimum absolute atomic E-state index is 0.506. The Hall–Kier alpha value is -1.99. The van der Waals surface area contributed by atoms with Crippen molar-refractivity contribution in [2.75, 3.05) is 5.75 Å². The number of hydrogen-bond acceptors (Lipinski definition) is 4. The fourth-order valence-corrected chi connectivity index (χ4v) is 2.35. The minimum atomic E-state index is -4.33. The summed E-state index contributed by atoms with van der Waals surface area (Å²) in [5, 5.41) is 2.33. The predicted octanol–water partition coefficient (Wildman–Crippen LogP) is 0.756. The fourth-order valence-electron chi connectivity index (χ4n) is 1.40. The van der Waals surface area contributed by atoms with Crippen LogP contribution in [0.3, 0.4) is 0 Å². The first-order valence-corrected chi connectivity index (χ1v) is 7.64. The van der Waals surface area contributed by atoms with E-state index in [2.05, 4.69) is 23.5 Å². The van der Waals surface area contributed by atoms with Crippen LogP contribution in [0.4, 0.5) is 0 Å². The number of aromatic nitrogens is 1. The van der Waals surface area contributed by atoms with E-state index in [0.29, 0.717) is 0 Å². The molecule has 0 atom stereocenters. The van der Waals surface area contributed by atoms with Gasteiger partial charge in [0.15, 0.2) is 12.4 Å². The van der Waals surface area contributed by atoms with E-state index < -0.39 is 27.3 Å². The first kappa shape index (κ1) is 19.0. The van der Waals surface area contributed by atoms with Crippen molar-refractivity contribution in [2.45, 2.75) is 19.4 Å². The van der Waals surface area contributed by atoms with Gasteiger partial charge in [-0.05, 0) is 25.5 Å². The SMILES string of the molecule is C=CC(=O)NC(C)(C)CS(=O)(=O)[O-].C=Cc1cc[nH+]cc1. The Kier molecular flexibility index (Phi) is 7.54. The van der Waals surface area contributed by atoms with Crippen LogP contribution in [0.2, 0.25) is 0 Å². The number of carbonyl (C=O) groups excluding carboxylic acids is 1. The molecule has 0 saturated heterocycles. The molecular weight excluding hydrogens is 292 g/mol. The van der Waals surface area contributed by atoms with Gasteiger partial charge >= 0.3 is 0 Å². The standard InChI is InChI=1S/C7H13NO4S.C7H7N/c1-4-6(9)8-7(2,3)5-13(10,11)12;1-2-7-3-5-8-6-4-7/h4H,1,5H2,2-3H3,(H,8,9)(H,10,11,12);2-6H,1H2. The maximum atomic E-state index is 10.8. The largest absolute Gasteiger partial charge is 0.748 e. The molecule has 116 valence electrons. The fraction of sp³-hybridized carbons (Fsp3) is 0.286. The zero-order valence-electron chi connectivity index (χ0n) is 12.1. The summed E-state index contributed by atoms with van der Waals surface area (Å²) >= 11 is 0. The van der Waals surface area contributed by atoms with E-state index in [0.717, 1.165) is 11.6 Å². The second-order valence-electron chi connectivity index (χ2n) is 4.82. The number of carbonyl (C=O) groups is 1. The van der Waals surface area contributed by atoms with Gasteiger partial charge in [-0.1, -0.05) is 19.2 Å². The van der Waals surface area contributed by atoms with Gasteiger partial charge in [0.05, 0.1) is 15.9 Å². The van der Waals surface area contributed by atoms with Gasteiger partial charge in [0, 0.05) is 17.7 Å². The molecule has 0 aromatic carbocycles.